The Kier molecular flexibility index (Phi) is 6.27. The molecule has 0 saturated heterocycles. The first-order valence-electron chi connectivity index (χ1n) is 8.68. The van der Waals surface area contributed by atoms with Crippen LogP contribution in [-0.4, -0.2) is 42.9 Å². The number of hydrogen-bond acceptors (Lipinski definition) is 5. The van der Waals surface area contributed by atoms with Gasteiger partial charge in [-0.3, -0.25) is 4.79 Å². The van der Waals surface area contributed by atoms with Gasteiger partial charge in [0, 0.05) is 13.2 Å². The van der Waals surface area contributed by atoms with Crippen LogP contribution < -0.4 is 14.8 Å². The predicted octanol–water partition coefficient (Wildman–Crippen LogP) is 2.39. The van der Waals surface area contributed by atoms with Crippen molar-refractivity contribution in [1.29, 1.82) is 0 Å². The van der Waals surface area contributed by atoms with E-state index in [0.29, 0.717) is 19.7 Å². The third kappa shape index (κ3) is 4.77. The van der Waals surface area contributed by atoms with Gasteiger partial charge in [-0.15, -0.1) is 0 Å². The average molecular weight is 369 g/mol. The quantitative estimate of drug-likeness (QED) is 0.627. The zero-order chi connectivity index (χ0) is 19.1. The van der Waals surface area contributed by atoms with Gasteiger partial charge in [0.2, 0.25) is 5.91 Å². The molecule has 0 spiro atoms. The number of fused-ring (bicyclic) bond motifs is 1. The summed E-state index contributed by atoms with van der Waals surface area (Å²) in [6, 6.07) is 15.4. The minimum atomic E-state index is -0.177. The van der Waals surface area contributed by atoms with Gasteiger partial charge in [-0.25, -0.2) is 4.98 Å². The van der Waals surface area contributed by atoms with Crippen molar-refractivity contribution in [2.24, 2.45) is 0 Å². The number of ether oxygens (including phenoxy) is 3. The van der Waals surface area contributed by atoms with Gasteiger partial charge >= 0.3 is 0 Å². The van der Waals surface area contributed by atoms with E-state index in [-0.39, 0.29) is 12.5 Å². The number of nitrogens with zero attached hydrogens (tertiary/aromatic N) is 2. The molecule has 0 aliphatic rings. The highest BCUT2D eigenvalue weighted by Gasteiger charge is 2.11. The fourth-order valence-electron chi connectivity index (χ4n) is 2.82. The highest BCUT2D eigenvalue weighted by atomic mass is 16.5. The lowest BCUT2D eigenvalue weighted by Crippen LogP contribution is -2.28. The highest BCUT2D eigenvalue weighted by Crippen LogP contribution is 2.20. The fraction of sp³-hybridized carbons (Fsp3) is 0.300. The molecule has 0 aliphatic heterocycles. The van der Waals surface area contributed by atoms with E-state index in [1.54, 1.807) is 7.11 Å². The van der Waals surface area contributed by atoms with E-state index in [9.17, 15) is 4.79 Å². The predicted molar refractivity (Wildman–Crippen MR) is 102 cm³/mol. The van der Waals surface area contributed by atoms with Gasteiger partial charge in [0.15, 0.2) is 0 Å². The number of carbonyl (C=O) groups is 1. The summed E-state index contributed by atoms with van der Waals surface area (Å²) < 4.78 is 18.0. The van der Waals surface area contributed by atoms with E-state index in [0.717, 1.165) is 28.4 Å². The van der Waals surface area contributed by atoms with Gasteiger partial charge in [0.25, 0.3) is 0 Å². The normalized spacial score (nSPS) is 10.7. The minimum Gasteiger partial charge on any atom is -0.497 e. The Morgan fingerprint density at radius 1 is 1.11 bits per heavy atom. The number of rotatable bonds is 9. The number of methoxy groups -OCH3 is 2. The summed E-state index contributed by atoms with van der Waals surface area (Å²) in [7, 11) is 3.12. The van der Waals surface area contributed by atoms with Crippen molar-refractivity contribution in [2.75, 3.05) is 27.4 Å². The summed E-state index contributed by atoms with van der Waals surface area (Å²) in [5.74, 6) is 2.09. The Hall–Kier alpha value is -3.06. The Balaban J connectivity index is 1.71. The molecule has 0 saturated carbocycles. The maximum absolute atomic E-state index is 11.7. The van der Waals surface area contributed by atoms with Gasteiger partial charge in [-0.05, 0) is 24.3 Å². The van der Waals surface area contributed by atoms with Crippen molar-refractivity contribution in [1.82, 2.24) is 14.9 Å². The van der Waals surface area contributed by atoms with Gasteiger partial charge in [0.05, 0.1) is 31.2 Å². The summed E-state index contributed by atoms with van der Waals surface area (Å²) in [4.78, 5) is 16.3. The molecule has 27 heavy (non-hydrogen) atoms. The van der Waals surface area contributed by atoms with Gasteiger partial charge < -0.3 is 24.1 Å². The Bertz CT molecular complexity index is 907. The molecule has 1 heterocycles. The molecule has 2 aromatic carbocycles. The van der Waals surface area contributed by atoms with Crippen LogP contribution in [0.3, 0.4) is 0 Å². The van der Waals surface area contributed by atoms with Crippen molar-refractivity contribution < 1.29 is 19.0 Å². The molecule has 1 aromatic heterocycles. The molecular formula is C20H23N3O4. The number of hydrogen-bond donors (Lipinski definition) is 1. The number of aromatic nitrogens is 2. The van der Waals surface area contributed by atoms with Crippen molar-refractivity contribution in [3.63, 3.8) is 0 Å². The monoisotopic (exact) mass is 369 g/mol. The second-order valence-electron chi connectivity index (χ2n) is 5.91. The Morgan fingerprint density at radius 3 is 2.74 bits per heavy atom. The molecule has 7 heteroatoms. The Labute approximate surface area is 157 Å². The largest absolute Gasteiger partial charge is 0.497 e. The summed E-state index contributed by atoms with van der Waals surface area (Å²) >= 11 is 0. The van der Waals surface area contributed by atoms with Crippen LogP contribution in [0, 0.1) is 0 Å². The van der Waals surface area contributed by atoms with Crippen LogP contribution in [0.25, 0.3) is 11.0 Å². The molecule has 3 rings (SSSR count). The SMILES string of the molecule is COCC(=O)NCc1nc2ccccc2n1CCOc1cccc(OC)c1. The molecule has 1 amide bonds. The van der Waals surface area contributed by atoms with Crippen LogP contribution in [0.4, 0.5) is 0 Å². The van der Waals surface area contributed by atoms with Gasteiger partial charge in [-0.2, -0.15) is 0 Å². The van der Waals surface area contributed by atoms with Crippen molar-refractivity contribution >= 4 is 16.9 Å². The third-order valence-electron chi connectivity index (χ3n) is 4.08. The van der Waals surface area contributed by atoms with Crippen LogP contribution >= 0.6 is 0 Å². The van der Waals surface area contributed by atoms with Crippen molar-refractivity contribution in [3.05, 3.63) is 54.4 Å². The summed E-state index contributed by atoms with van der Waals surface area (Å²) in [5, 5.41) is 2.82. The van der Waals surface area contributed by atoms with E-state index >= 15 is 0 Å². The molecule has 0 atom stereocenters. The molecule has 7 nitrogen and oxygen atoms in total. The molecule has 1 N–H and O–H groups in total. The number of nitrogens with one attached hydrogen (secondary N) is 1. The van der Waals surface area contributed by atoms with Gasteiger partial charge in [-0.1, -0.05) is 18.2 Å². The Morgan fingerprint density at radius 2 is 1.93 bits per heavy atom. The number of carbonyl (C=O) groups excluding carboxylic acids is 1. The van der Waals surface area contributed by atoms with Crippen LogP contribution in [0.5, 0.6) is 11.5 Å². The molecule has 0 bridgehead atoms. The van der Waals surface area contributed by atoms with E-state index in [1.807, 2.05) is 48.5 Å². The number of amides is 1. The number of imidazole rings is 1. The van der Waals surface area contributed by atoms with Gasteiger partial charge in [0.1, 0.15) is 30.5 Å². The molecule has 3 aromatic rings. The highest BCUT2D eigenvalue weighted by molar-refractivity contribution is 5.78. The molecule has 0 fully saturated rings. The topological polar surface area (TPSA) is 74.6 Å². The van der Waals surface area contributed by atoms with E-state index in [4.69, 9.17) is 14.2 Å². The fourth-order valence-corrected chi connectivity index (χ4v) is 2.82. The van der Waals surface area contributed by atoms with Crippen molar-refractivity contribution in [3.8, 4) is 11.5 Å². The van der Waals surface area contributed by atoms with E-state index in [2.05, 4.69) is 14.9 Å². The zero-order valence-corrected chi connectivity index (χ0v) is 15.5. The zero-order valence-electron chi connectivity index (χ0n) is 15.5. The first kappa shape index (κ1) is 18.7. The second kappa shape index (κ2) is 9.05. The first-order valence-corrected chi connectivity index (χ1v) is 8.68. The van der Waals surface area contributed by atoms with E-state index in [1.165, 1.54) is 7.11 Å². The van der Waals surface area contributed by atoms with Crippen LogP contribution in [-0.2, 0) is 22.6 Å². The average Bonchev–Trinajstić information content (AvgIpc) is 3.04. The second-order valence-corrected chi connectivity index (χ2v) is 5.91. The summed E-state index contributed by atoms with van der Waals surface area (Å²) in [6.07, 6.45) is 0. The number of benzene rings is 2. The molecular weight excluding hydrogens is 346 g/mol. The molecule has 0 radical (unpaired) electrons. The lowest BCUT2D eigenvalue weighted by molar-refractivity contribution is -0.124. The lowest BCUT2D eigenvalue weighted by atomic mass is 10.3. The third-order valence-corrected chi connectivity index (χ3v) is 4.08. The maximum atomic E-state index is 11.7. The number of para-hydroxylation sites is 2. The molecule has 0 unspecified atom stereocenters. The van der Waals surface area contributed by atoms with Crippen LogP contribution in [0.15, 0.2) is 48.5 Å². The maximum Gasteiger partial charge on any atom is 0.246 e. The smallest absolute Gasteiger partial charge is 0.246 e. The van der Waals surface area contributed by atoms with Crippen molar-refractivity contribution in [2.45, 2.75) is 13.1 Å². The first-order chi connectivity index (χ1) is 13.2. The molecule has 142 valence electrons. The lowest BCUT2D eigenvalue weighted by Gasteiger charge is -2.12. The standard InChI is InChI=1S/C20H23N3O4/c1-25-14-20(24)21-13-19-22-17-8-3-4-9-18(17)23(19)10-11-27-16-7-5-6-15(12-16)26-2/h3-9,12H,10-11,13-14H2,1-2H3,(H,21,24). The summed E-state index contributed by atoms with van der Waals surface area (Å²) in [5.41, 5.74) is 1.89. The minimum absolute atomic E-state index is 0.0270. The summed E-state index contributed by atoms with van der Waals surface area (Å²) in [6.45, 7) is 1.43. The van der Waals surface area contributed by atoms with Crippen LogP contribution in [0.1, 0.15) is 5.82 Å². The van der Waals surface area contributed by atoms with Crippen LogP contribution in [0.2, 0.25) is 0 Å². The molecule has 0 aliphatic carbocycles. The van der Waals surface area contributed by atoms with E-state index < -0.39 is 0 Å².